The summed E-state index contributed by atoms with van der Waals surface area (Å²) in [7, 11) is 3.02. The van der Waals surface area contributed by atoms with Crippen LogP contribution in [-0.2, 0) is 9.59 Å². The van der Waals surface area contributed by atoms with Crippen LogP contribution in [-0.4, -0.2) is 63.9 Å². The average Bonchev–Trinajstić information content (AvgIpc) is 2.69. The number of urea groups is 1. The van der Waals surface area contributed by atoms with Crippen molar-refractivity contribution in [2.75, 3.05) is 25.2 Å². The Morgan fingerprint density at radius 1 is 1.25 bits per heavy atom. The van der Waals surface area contributed by atoms with Crippen LogP contribution in [0.5, 0.6) is 0 Å². The largest absolute Gasteiger partial charge is 0.445 e. The van der Waals surface area contributed by atoms with Gasteiger partial charge in [-0.05, 0) is 12.1 Å². The number of aliphatic imine (C=N–C) groups is 2. The van der Waals surface area contributed by atoms with Crippen molar-refractivity contribution in [1.82, 2.24) is 4.90 Å². The van der Waals surface area contributed by atoms with Crippen LogP contribution in [0, 0.1) is 11.8 Å². The molecule has 1 aromatic rings. The van der Waals surface area contributed by atoms with E-state index in [0.29, 0.717) is 22.4 Å². The van der Waals surface area contributed by atoms with E-state index >= 15 is 0 Å². The number of hydrogen-bond donors (Lipinski definition) is 1. The molecular weight excluding hydrogens is 378 g/mol. The molecule has 2 heterocycles. The van der Waals surface area contributed by atoms with Gasteiger partial charge in [-0.3, -0.25) is 9.59 Å². The van der Waals surface area contributed by atoms with E-state index in [1.807, 2.05) is 32.0 Å². The first-order valence-corrected chi connectivity index (χ1v) is 9.85. The standard InChI is InChI=1S/C19H21N5O3S/c1-11(2)15-21-16-14(18(26)24(4)19(27)23(16)3)17(22-15)28-10-13(25)20-12-8-6-5-7-9-12/h5-9,11,14H,10H2,1-4H3/p+1. The van der Waals surface area contributed by atoms with Crippen LogP contribution in [0.2, 0.25) is 0 Å². The Hall–Kier alpha value is -2.81. The minimum atomic E-state index is -0.773. The van der Waals surface area contributed by atoms with Crippen molar-refractivity contribution in [2.45, 2.75) is 13.8 Å². The third-order valence-corrected chi connectivity index (χ3v) is 5.41. The van der Waals surface area contributed by atoms with Gasteiger partial charge in [-0.1, -0.05) is 48.8 Å². The number of imide groups is 1. The summed E-state index contributed by atoms with van der Waals surface area (Å²) in [5, 5.41) is 3.29. The molecule has 28 heavy (non-hydrogen) atoms. The first-order valence-electron chi connectivity index (χ1n) is 8.86. The van der Waals surface area contributed by atoms with E-state index in [0.717, 1.165) is 4.90 Å². The Labute approximate surface area is 167 Å². The fourth-order valence-corrected chi connectivity index (χ4v) is 3.70. The summed E-state index contributed by atoms with van der Waals surface area (Å²) in [4.78, 5) is 47.4. The smallest absolute Gasteiger partial charge is 0.325 e. The molecule has 1 aromatic carbocycles. The first-order chi connectivity index (χ1) is 13.3. The number of amidine groups is 2. The molecule has 1 unspecified atom stereocenters. The number of rotatable bonds is 4. The molecule has 0 aliphatic carbocycles. The maximum atomic E-state index is 12.7. The molecule has 0 spiro atoms. The lowest BCUT2D eigenvalue weighted by atomic mass is 10.0. The lowest BCUT2D eigenvalue weighted by Crippen LogP contribution is -2.55. The van der Waals surface area contributed by atoms with E-state index in [1.165, 1.54) is 23.4 Å². The summed E-state index contributed by atoms with van der Waals surface area (Å²) < 4.78 is 1.37. The fraction of sp³-hybridized carbons (Fsp3) is 0.368. The fourth-order valence-electron chi connectivity index (χ4n) is 2.82. The van der Waals surface area contributed by atoms with Crippen LogP contribution in [0.3, 0.4) is 0 Å². The monoisotopic (exact) mass is 400 g/mol. The zero-order chi connectivity index (χ0) is 20.4. The Morgan fingerprint density at radius 2 is 1.93 bits per heavy atom. The Balaban J connectivity index is 1.84. The van der Waals surface area contributed by atoms with E-state index in [1.54, 1.807) is 19.2 Å². The number of amides is 4. The molecule has 0 saturated carbocycles. The molecule has 146 valence electrons. The minimum Gasteiger partial charge on any atom is -0.325 e. The van der Waals surface area contributed by atoms with E-state index in [2.05, 4.69) is 15.3 Å². The van der Waals surface area contributed by atoms with Crippen LogP contribution in [0.1, 0.15) is 13.8 Å². The van der Waals surface area contributed by atoms with Crippen LogP contribution in [0.15, 0.2) is 40.3 Å². The molecule has 1 N–H and O–H groups in total. The molecule has 3 rings (SSSR count). The number of fused-ring (bicyclic) bond motifs is 1. The number of carbonyl (C=O) groups is 3. The molecule has 0 aromatic heterocycles. The summed E-state index contributed by atoms with van der Waals surface area (Å²) in [6.07, 6.45) is 0. The van der Waals surface area contributed by atoms with Gasteiger partial charge >= 0.3 is 11.9 Å². The average molecular weight is 400 g/mol. The van der Waals surface area contributed by atoms with Gasteiger partial charge in [-0.15, -0.1) is 0 Å². The maximum absolute atomic E-state index is 12.7. The van der Waals surface area contributed by atoms with Gasteiger partial charge in [0.05, 0.1) is 19.8 Å². The van der Waals surface area contributed by atoms with Gasteiger partial charge in [0, 0.05) is 11.6 Å². The predicted octanol–water partition coefficient (Wildman–Crippen LogP) is 2.07. The Morgan fingerprint density at radius 3 is 2.57 bits per heavy atom. The van der Waals surface area contributed by atoms with Crippen molar-refractivity contribution < 1.29 is 19.0 Å². The van der Waals surface area contributed by atoms with Crippen LogP contribution >= 0.6 is 11.8 Å². The highest BCUT2D eigenvalue weighted by Crippen LogP contribution is 2.26. The Kier molecular flexibility index (Phi) is 5.73. The second-order valence-electron chi connectivity index (χ2n) is 6.81. The van der Waals surface area contributed by atoms with Crippen molar-refractivity contribution >= 4 is 52.0 Å². The molecule has 4 amide bonds. The van der Waals surface area contributed by atoms with Crippen molar-refractivity contribution in [3.8, 4) is 0 Å². The highest BCUT2D eigenvalue weighted by Gasteiger charge is 2.49. The number of benzene rings is 1. The molecule has 0 saturated heterocycles. The Bertz CT molecular complexity index is 921. The summed E-state index contributed by atoms with van der Waals surface area (Å²) in [5.74, 6) is -0.357. The van der Waals surface area contributed by atoms with E-state index in [4.69, 9.17) is 0 Å². The van der Waals surface area contributed by atoms with E-state index < -0.39 is 11.9 Å². The number of nitrogens with zero attached hydrogens (tertiary/aromatic N) is 4. The third-order valence-electron chi connectivity index (χ3n) is 4.38. The molecule has 9 heteroatoms. The quantitative estimate of drug-likeness (QED) is 0.783. The lowest BCUT2D eigenvalue weighted by Gasteiger charge is -2.26. The van der Waals surface area contributed by atoms with E-state index in [9.17, 15) is 14.4 Å². The molecule has 0 fully saturated rings. The number of hydrogen-bond acceptors (Lipinski definition) is 6. The van der Waals surface area contributed by atoms with Gasteiger partial charge in [-0.2, -0.15) is 9.48 Å². The summed E-state index contributed by atoms with van der Waals surface area (Å²) in [6, 6.07) is 8.71. The molecule has 2 aliphatic heterocycles. The number of thioether (sulfide) groups is 1. The number of carbonyl (C=O) groups excluding carboxylic acids is 3. The molecular formula is C19H22N5O3S+. The van der Waals surface area contributed by atoms with Gasteiger partial charge in [0.25, 0.3) is 5.84 Å². The first kappa shape index (κ1) is 19.9. The zero-order valence-corrected chi connectivity index (χ0v) is 17.0. The number of anilines is 1. The maximum Gasteiger partial charge on any atom is 0.445 e. The van der Waals surface area contributed by atoms with Gasteiger partial charge in [0.2, 0.25) is 11.7 Å². The van der Waals surface area contributed by atoms with Crippen molar-refractivity contribution in [1.29, 1.82) is 0 Å². The molecule has 0 bridgehead atoms. The highest BCUT2D eigenvalue weighted by molar-refractivity contribution is 8.14. The minimum absolute atomic E-state index is 0.0143. The lowest BCUT2D eigenvalue weighted by molar-refractivity contribution is -0.407. The zero-order valence-electron chi connectivity index (χ0n) is 16.2. The van der Waals surface area contributed by atoms with Crippen LogP contribution in [0.4, 0.5) is 10.5 Å². The van der Waals surface area contributed by atoms with Crippen molar-refractivity contribution in [3.63, 3.8) is 0 Å². The molecule has 0 radical (unpaired) electrons. The third kappa shape index (κ3) is 3.89. The molecule has 8 nitrogen and oxygen atoms in total. The summed E-state index contributed by atoms with van der Waals surface area (Å²) in [6.45, 7) is 3.87. The summed E-state index contributed by atoms with van der Waals surface area (Å²) in [5.41, 5.74) is 0.703. The van der Waals surface area contributed by atoms with Gasteiger partial charge in [0.1, 0.15) is 5.04 Å². The van der Waals surface area contributed by atoms with Crippen LogP contribution in [0.25, 0.3) is 0 Å². The molecule has 2 aliphatic rings. The van der Waals surface area contributed by atoms with Crippen LogP contribution < -0.4 is 5.32 Å². The van der Waals surface area contributed by atoms with Crippen molar-refractivity contribution in [3.05, 3.63) is 30.3 Å². The van der Waals surface area contributed by atoms with Crippen molar-refractivity contribution in [2.24, 2.45) is 21.8 Å². The second kappa shape index (κ2) is 8.05. The van der Waals surface area contributed by atoms with Gasteiger partial charge in [0.15, 0.2) is 5.92 Å². The predicted molar refractivity (Wildman–Crippen MR) is 110 cm³/mol. The SMILES string of the molecule is CC(C)C1=NC2=[N+](C)C(=O)N(C)C(=O)C2C(SCC(=O)Nc2ccccc2)=N1. The normalized spacial score (nSPS) is 19.5. The van der Waals surface area contributed by atoms with Gasteiger partial charge < -0.3 is 5.32 Å². The van der Waals surface area contributed by atoms with E-state index in [-0.39, 0.29) is 23.5 Å². The number of para-hydroxylation sites is 1. The second-order valence-corrected chi connectivity index (χ2v) is 7.80. The molecule has 1 atom stereocenters. The van der Waals surface area contributed by atoms with Gasteiger partial charge in [-0.25, -0.2) is 9.79 Å². The summed E-state index contributed by atoms with van der Waals surface area (Å²) >= 11 is 1.19. The number of nitrogens with one attached hydrogen (secondary N) is 1. The topological polar surface area (TPSA) is 94.2 Å². The highest BCUT2D eigenvalue weighted by atomic mass is 32.2.